The highest BCUT2D eigenvalue weighted by atomic mass is 35.5. The summed E-state index contributed by atoms with van der Waals surface area (Å²) in [4.78, 5) is 30.1. The third-order valence-corrected chi connectivity index (χ3v) is 5.86. The largest absolute Gasteiger partial charge is 0.383 e. The first-order valence-corrected chi connectivity index (χ1v) is 10.3. The van der Waals surface area contributed by atoms with Gasteiger partial charge in [0.1, 0.15) is 5.82 Å². The fraction of sp³-hybridized carbons (Fsp3) is 0.174. The zero-order valence-electron chi connectivity index (χ0n) is 18.2. The minimum atomic E-state index is -0.401. The van der Waals surface area contributed by atoms with Gasteiger partial charge in [0.2, 0.25) is 5.91 Å². The van der Waals surface area contributed by atoms with Crippen LogP contribution in [-0.4, -0.2) is 43.6 Å². The molecule has 0 aliphatic heterocycles. The van der Waals surface area contributed by atoms with Gasteiger partial charge >= 0.3 is 0 Å². The molecule has 0 unspecified atom stereocenters. The van der Waals surface area contributed by atoms with Gasteiger partial charge in [-0.1, -0.05) is 17.7 Å². The van der Waals surface area contributed by atoms with E-state index in [2.05, 4.69) is 10.1 Å². The van der Waals surface area contributed by atoms with Gasteiger partial charge in [0.05, 0.1) is 40.8 Å². The smallest absolute Gasteiger partial charge is 0.272 e. The third kappa shape index (κ3) is 3.92. The van der Waals surface area contributed by atoms with E-state index in [0.29, 0.717) is 43.8 Å². The van der Waals surface area contributed by atoms with Gasteiger partial charge in [0, 0.05) is 37.0 Å². The Morgan fingerprint density at radius 2 is 1.97 bits per heavy atom. The molecule has 0 saturated heterocycles. The number of amides is 2. The number of carbonyl (C=O) groups is 2. The normalized spacial score (nSPS) is 10.9. The molecule has 0 radical (unpaired) electrons. The summed E-state index contributed by atoms with van der Waals surface area (Å²) in [5.74, 6) is -0.363. The molecule has 2 aromatic heterocycles. The second-order valence-electron chi connectivity index (χ2n) is 7.58. The van der Waals surface area contributed by atoms with E-state index in [-0.39, 0.29) is 12.5 Å². The predicted molar refractivity (Wildman–Crippen MR) is 125 cm³/mol. The quantitative estimate of drug-likeness (QED) is 0.467. The Morgan fingerprint density at radius 1 is 1.21 bits per heavy atom. The number of hydrazine groups is 1. The monoisotopic (exact) mass is 461 g/mol. The summed E-state index contributed by atoms with van der Waals surface area (Å²) in [6.07, 6.45) is 1.63. The number of rotatable bonds is 3. The molecule has 166 valence electrons. The number of fused-ring (bicyclic) bond motifs is 3. The SMILES string of the molecule is CC(=O)N(C)N(Cc1ccc(C#N)cc1Cl)C(=O)c1ccc2nc(N)c3cnn(C)c3c2c1. The van der Waals surface area contributed by atoms with Crippen molar-refractivity contribution in [2.24, 2.45) is 7.05 Å². The van der Waals surface area contributed by atoms with E-state index < -0.39 is 5.91 Å². The molecule has 0 saturated carbocycles. The van der Waals surface area contributed by atoms with Gasteiger partial charge in [-0.3, -0.25) is 19.3 Å². The summed E-state index contributed by atoms with van der Waals surface area (Å²) in [6, 6.07) is 11.9. The molecule has 2 heterocycles. The number of carbonyl (C=O) groups excluding carboxylic acids is 2. The number of benzene rings is 2. The van der Waals surface area contributed by atoms with Crippen molar-refractivity contribution in [3.05, 3.63) is 64.3 Å². The Hall–Kier alpha value is -4.16. The number of anilines is 1. The van der Waals surface area contributed by atoms with E-state index in [1.807, 2.05) is 6.07 Å². The molecule has 0 spiro atoms. The number of hydrogen-bond acceptors (Lipinski definition) is 6. The minimum Gasteiger partial charge on any atom is -0.383 e. The van der Waals surface area contributed by atoms with Crippen LogP contribution in [0.2, 0.25) is 5.02 Å². The van der Waals surface area contributed by atoms with Gasteiger partial charge in [-0.15, -0.1) is 0 Å². The van der Waals surface area contributed by atoms with Crippen LogP contribution in [0.5, 0.6) is 0 Å². The molecule has 10 heteroatoms. The molecule has 0 bridgehead atoms. The first kappa shape index (κ1) is 22.0. The van der Waals surface area contributed by atoms with E-state index in [1.54, 1.807) is 48.3 Å². The number of nitriles is 1. The molecular weight excluding hydrogens is 442 g/mol. The molecule has 2 amide bonds. The van der Waals surface area contributed by atoms with Crippen molar-refractivity contribution in [1.82, 2.24) is 24.8 Å². The molecule has 0 aliphatic carbocycles. The van der Waals surface area contributed by atoms with Crippen molar-refractivity contribution in [1.29, 1.82) is 5.26 Å². The lowest BCUT2D eigenvalue weighted by Gasteiger charge is -2.31. The lowest BCUT2D eigenvalue weighted by molar-refractivity contribution is -0.140. The van der Waals surface area contributed by atoms with Crippen LogP contribution in [-0.2, 0) is 18.4 Å². The van der Waals surface area contributed by atoms with Gasteiger partial charge in [0.15, 0.2) is 0 Å². The van der Waals surface area contributed by atoms with Crippen LogP contribution in [0.1, 0.15) is 28.4 Å². The summed E-state index contributed by atoms with van der Waals surface area (Å²) >= 11 is 6.33. The standard InChI is InChI=1S/C23H20ClN7O2/c1-13(32)30(3)31(12-16-5-4-14(10-25)8-19(16)24)23(33)15-6-7-20-17(9-15)21-18(22(26)28-20)11-27-29(21)2/h4-9,11H,12H2,1-3H3,(H2,26,28). The number of aromatic nitrogens is 3. The van der Waals surface area contributed by atoms with Gasteiger partial charge in [-0.25, -0.2) is 9.99 Å². The molecule has 0 atom stereocenters. The van der Waals surface area contributed by atoms with Crippen LogP contribution in [0.25, 0.3) is 21.8 Å². The Kier molecular flexibility index (Phi) is 5.62. The average molecular weight is 462 g/mol. The second-order valence-corrected chi connectivity index (χ2v) is 7.99. The maximum absolute atomic E-state index is 13.6. The Bertz CT molecular complexity index is 1470. The molecule has 0 aliphatic rings. The van der Waals surface area contributed by atoms with E-state index in [1.165, 1.54) is 30.1 Å². The number of nitrogen functional groups attached to an aromatic ring is 1. The highest BCUT2D eigenvalue weighted by molar-refractivity contribution is 6.31. The molecule has 33 heavy (non-hydrogen) atoms. The van der Waals surface area contributed by atoms with Crippen LogP contribution in [0.15, 0.2) is 42.6 Å². The van der Waals surface area contributed by atoms with Crippen molar-refractivity contribution in [2.75, 3.05) is 12.8 Å². The van der Waals surface area contributed by atoms with Crippen LogP contribution in [0, 0.1) is 11.3 Å². The number of pyridine rings is 1. The summed E-state index contributed by atoms with van der Waals surface area (Å²) in [6.45, 7) is 1.41. The van der Waals surface area contributed by atoms with Crippen molar-refractivity contribution in [3.8, 4) is 6.07 Å². The van der Waals surface area contributed by atoms with Gasteiger partial charge < -0.3 is 5.73 Å². The average Bonchev–Trinajstić information content (AvgIpc) is 3.19. The van der Waals surface area contributed by atoms with Gasteiger partial charge in [-0.2, -0.15) is 10.4 Å². The Morgan fingerprint density at radius 3 is 2.64 bits per heavy atom. The maximum Gasteiger partial charge on any atom is 0.272 e. The number of aryl methyl sites for hydroxylation is 1. The van der Waals surface area contributed by atoms with E-state index in [9.17, 15) is 9.59 Å². The van der Waals surface area contributed by atoms with Gasteiger partial charge in [0.25, 0.3) is 5.91 Å². The zero-order chi connectivity index (χ0) is 23.9. The first-order valence-electron chi connectivity index (χ1n) is 9.96. The summed E-state index contributed by atoms with van der Waals surface area (Å²) in [5.41, 5.74) is 8.80. The summed E-state index contributed by atoms with van der Waals surface area (Å²) in [5, 5.41) is 17.6. The minimum absolute atomic E-state index is 0.0403. The second kappa shape index (κ2) is 8.41. The zero-order valence-corrected chi connectivity index (χ0v) is 19.0. The van der Waals surface area contributed by atoms with E-state index in [0.717, 1.165) is 5.52 Å². The van der Waals surface area contributed by atoms with Crippen molar-refractivity contribution >= 4 is 51.0 Å². The molecule has 2 N–H and O–H groups in total. The molecule has 2 aromatic carbocycles. The number of hydrogen-bond donors (Lipinski definition) is 1. The Balaban J connectivity index is 1.80. The van der Waals surface area contributed by atoms with Crippen LogP contribution >= 0.6 is 11.6 Å². The van der Waals surface area contributed by atoms with Crippen molar-refractivity contribution < 1.29 is 9.59 Å². The van der Waals surface area contributed by atoms with Crippen LogP contribution in [0.4, 0.5) is 5.82 Å². The first-order chi connectivity index (χ1) is 15.7. The van der Waals surface area contributed by atoms with E-state index in [4.69, 9.17) is 22.6 Å². The number of nitrogens with zero attached hydrogens (tertiary/aromatic N) is 6. The van der Waals surface area contributed by atoms with Crippen molar-refractivity contribution in [3.63, 3.8) is 0 Å². The third-order valence-electron chi connectivity index (χ3n) is 5.51. The lowest BCUT2D eigenvalue weighted by Crippen LogP contribution is -2.46. The number of halogens is 1. The molecule has 4 rings (SSSR count). The fourth-order valence-electron chi connectivity index (χ4n) is 3.63. The van der Waals surface area contributed by atoms with E-state index >= 15 is 0 Å². The van der Waals surface area contributed by atoms with Crippen LogP contribution < -0.4 is 5.73 Å². The molecule has 9 nitrogen and oxygen atoms in total. The highest BCUT2D eigenvalue weighted by Crippen LogP contribution is 2.29. The number of nitrogens with two attached hydrogens (primary N) is 1. The molecule has 0 fully saturated rings. The molecular formula is C23H20ClN7O2. The summed E-state index contributed by atoms with van der Waals surface area (Å²) < 4.78 is 1.68. The van der Waals surface area contributed by atoms with Crippen LogP contribution in [0.3, 0.4) is 0 Å². The highest BCUT2D eigenvalue weighted by Gasteiger charge is 2.24. The topological polar surface area (TPSA) is 121 Å². The van der Waals surface area contributed by atoms with Gasteiger partial charge in [-0.05, 0) is 35.9 Å². The predicted octanol–water partition coefficient (Wildman–Crippen LogP) is 3.26. The molecule has 4 aromatic rings. The van der Waals surface area contributed by atoms with Crippen molar-refractivity contribution in [2.45, 2.75) is 13.5 Å². The lowest BCUT2D eigenvalue weighted by atomic mass is 10.1. The fourth-order valence-corrected chi connectivity index (χ4v) is 3.87. The summed E-state index contributed by atoms with van der Waals surface area (Å²) in [7, 11) is 3.30. The Labute approximate surface area is 194 Å². The maximum atomic E-state index is 13.6.